The molecule has 1 atom stereocenters. The minimum atomic E-state index is -0.496. The molecule has 6 nitrogen and oxygen atoms in total. The van der Waals surface area contributed by atoms with Gasteiger partial charge in [-0.2, -0.15) is 0 Å². The molecule has 0 unspecified atom stereocenters. The highest BCUT2D eigenvalue weighted by Crippen LogP contribution is 2.35. The Labute approximate surface area is 267 Å². The fourth-order valence-corrected chi connectivity index (χ4v) is 5.65. The fourth-order valence-electron chi connectivity index (χ4n) is 5.65. The molecule has 0 spiro atoms. The molecular formula is C40H32O6. The maximum absolute atomic E-state index is 12.9. The molecule has 0 heterocycles. The summed E-state index contributed by atoms with van der Waals surface area (Å²) in [5, 5.41) is 4.29. The smallest absolute Gasteiger partial charge is 0.336 e. The minimum absolute atomic E-state index is 0.137. The second kappa shape index (κ2) is 13.8. The van der Waals surface area contributed by atoms with Crippen molar-refractivity contribution in [2.75, 3.05) is 14.2 Å². The average molecular weight is 609 g/mol. The molecule has 0 saturated heterocycles. The van der Waals surface area contributed by atoms with Crippen molar-refractivity contribution in [3.63, 3.8) is 0 Å². The molecule has 0 bridgehead atoms. The number of carbonyl (C=O) groups is 2. The summed E-state index contributed by atoms with van der Waals surface area (Å²) in [4.78, 5) is 25.8. The van der Waals surface area contributed by atoms with Gasteiger partial charge in [-0.05, 0) is 98.9 Å². The molecule has 0 fully saturated rings. The average Bonchev–Trinajstić information content (AvgIpc) is 3.10. The van der Waals surface area contributed by atoms with Crippen LogP contribution in [-0.4, -0.2) is 26.2 Å². The van der Waals surface area contributed by atoms with Gasteiger partial charge in [0, 0.05) is 18.1 Å². The lowest BCUT2D eigenvalue weighted by Gasteiger charge is -2.23. The number of carbonyl (C=O) groups excluding carboxylic acids is 2. The van der Waals surface area contributed by atoms with Crippen LogP contribution in [0.3, 0.4) is 0 Å². The molecule has 1 aliphatic rings. The highest BCUT2D eigenvalue weighted by molar-refractivity contribution is 6.00. The number of allylic oxidation sites excluding steroid dienone is 1. The normalized spacial score (nSPS) is 14.1. The monoisotopic (exact) mass is 608 g/mol. The van der Waals surface area contributed by atoms with Gasteiger partial charge >= 0.3 is 11.9 Å². The highest BCUT2D eigenvalue weighted by Gasteiger charge is 2.22. The number of rotatable bonds is 9. The minimum Gasteiger partial charge on any atom is -0.497 e. The first-order valence-electron chi connectivity index (χ1n) is 14.9. The van der Waals surface area contributed by atoms with Gasteiger partial charge in [-0.25, -0.2) is 9.59 Å². The molecule has 0 amide bonds. The van der Waals surface area contributed by atoms with Crippen LogP contribution in [0.15, 0.2) is 127 Å². The second-order valence-electron chi connectivity index (χ2n) is 10.7. The Hall–Kier alpha value is -5.88. The van der Waals surface area contributed by atoms with Gasteiger partial charge in [0.25, 0.3) is 0 Å². The standard InChI is InChI=1S/C40H32O6/c1-43-31-17-21-33(22-18-31)45-37(41)25-15-29-13-11-27-7-3-5-9-35(27)39(29)40-30(14-12-28-8-4-6-10-36(28)40)16-26-38(42)46-34-23-19-32(44-2)20-24-34/h3-13,15-26,30H,14H2,1-2H3/b25-15-,26-16-/t30-/m1/s1. The van der Waals surface area contributed by atoms with E-state index in [1.807, 2.05) is 42.5 Å². The largest absolute Gasteiger partial charge is 0.497 e. The van der Waals surface area contributed by atoms with E-state index in [9.17, 15) is 9.59 Å². The second-order valence-corrected chi connectivity index (χ2v) is 10.7. The number of benzene rings is 5. The quantitative estimate of drug-likeness (QED) is 0.106. The Bertz CT molecular complexity index is 2070. The first-order valence-corrected chi connectivity index (χ1v) is 14.9. The molecule has 6 rings (SSSR count). The van der Waals surface area contributed by atoms with E-state index in [1.165, 1.54) is 12.2 Å². The Morgan fingerprint density at radius 2 is 1.24 bits per heavy atom. The SMILES string of the molecule is COc1ccc(OC(=O)/C=C\c2ccc3ccccc3c2C2=c3ccccc3=CC[C@@H]2/C=C\C(=O)Oc2ccc(OC)cc2)cc1. The third-order valence-electron chi connectivity index (χ3n) is 7.86. The van der Waals surface area contributed by atoms with Crippen LogP contribution in [0.25, 0.3) is 28.5 Å². The molecule has 46 heavy (non-hydrogen) atoms. The van der Waals surface area contributed by atoms with Gasteiger partial charge in [0.15, 0.2) is 0 Å². The molecule has 0 saturated carbocycles. The van der Waals surface area contributed by atoms with Crippen molar-refractivity contribution in [3.05, 3.63) is 149 Å². The lowest BCUT2D eigenvalue weighted by Crippen LogP contribution is -2.33. The molecule has 0 aliphatic heterocycles. The Balaban J connectivity index is 1.38. The van der Waals surface area contributed by atoms with Crippen molar-refractivity contribution in [2.24, 2.45) is 5.92 Å². The van der Waals surface area contributed by atoms with Crippen molar-refractivity contribution in [2.45, 2.75) is 6.42 Å². The van der Waals surface area contributed by atoms with Crippen molar-refractivity contribution in [1.82, 2.24) is 0 Å². The summed E-state index contributed by atoms with van der Waals surface area (Å²) in [6, 6.07) is 34.2. The molecule has 6 heteroatoms. The Morgan fingerprint density at radius 1 is 0.652 bits per heavy atom. The lowest BCUT2D eigenvalue weighted by atomic mass is 9.80. The van der Waals surface area contributed by atoms with Crippen molar-refractivity contribution < 1.29 is 28.5 Å². The van der Waals surface area contributed by atoms with Crippen LogP contribution in [0.1, 0.15) is 17.5 Å². The summed E-state index contributed by atoms with van der Waals surface area (Å²) in [7, 11) is 3.17. The first-order chi connectivity index (χ1) is 22.5. The highest BCUT2D eigenvalue weighted by atomic mass is 16.5. The number of hydrogen-bond acceptors (Lipinski definition) is 6. The summed E-state index contributed by atoms with van der Waals surface area (Å²) in [5.41, 5.74) is 2.91. The van der Waals surface area contributed by atoms with E-state index >= 15 is 0 Å². The van der Waals surface area contributed by atoms with Gasteiger partial charge < -0.3 is 18.9 Å². The maximum Gasteiger partial charge on any atom is 0.336 e. The predicted octanol–water partition coefficient (Wildman–Crippen LogP) is 6.64. The summed E-state index contributed by atoms with van der Waals surface area (Å²) < 4.78 is 21.5. The van der Waals surface area contributed by atoms with Crippen LogP contribution in [0.4, 0.5) is 0 Å². The van der Waals surface area contributed by atoms with Crippen molar-refractivity contribution in [3.8, 4) is 23.0 Å². The van der Waals surface area contributed by atoms with Crippen LogP contribution < -0.4 is 29.4 Å². The van der Waals surface area contributed by atoms with Crippen molar-refractivity contribution in [1.29, 1.82) is 0 Å². The Morgan fingerprint density at radius 3 is 1.91 bits per heavy atom. The van der Waals surface area contributed by atoms with Gasteiger partial charge in [0.2, 0.25) is 0 Å². The van der Waals surface area contributed by atoms with E-state index in [0.717, 1.165) is 37.9 Å². The van der Waals surface area contributed by atoms with Crippen LogP contribution >= 0.6 is 0 Å². The molecule has 5 aromatic carbocycles. The summed E-state index contributed by atoms with van der Waals surface area (Å²) in [6.45, 7) is 0. The number of hydrogen-bond donors (Lipinski definition) is 0. The van der Waals surface area contributed by atoms with E-state index in [0.29, 0.717) is 29.4 Å². The van der Waals surface area contributed by atoms with Crippen LogP contribution in [-0.2, 0) is 9.59 Å². The third kappa shape index (κ3) is 6.76. The zero-order valence-corrected chi connectivity index (χ0v) is 25.5. The topological polar surface area (TPSA) is 71.1 Å². The van der Waals surface area contributed by atoms with Gasteiger partial charge in [0.05, 0.1) is 14.2 Å². The molecule has 228 valence electrons. The van der Waals surface area contributed by atoms with Gasteiger partial charge in [0.1, 0.15) is 23.0 Å². The predicted molar refractivity (Wildman–Crippen MR) is 180 cm³/mol. The molecular weight excluding hydrogens is 576 g/mol. The maximum atomic E-state index is 12.9. The molecule has 5 aromatic rings. The van der Waals surface area contributed by atoms with Crippen LogP contribution in [0.5, 0.6) is 23.0 Å². The van der Waals surface area contributed by atoms with Gasteiger partial charge in [-0.15, -0.1) is 0 Å². The number of methoxy groups -OCH3 is 2. The number of fused-ring (bicyclic) bond motifs is 2. The third-order valence-corrected chi connectivity index (χ3v) is 7.86. The first kappa shape index (κ1) is 30.2. The Kier molecular flexibility index (Phi) is 9.07. The summed E-state index contributed by atoms with van der Waals surface area (Å²) in [6.07, 6.45) is 9.50. The fraction of sp³-hybridized carbons (Fsp3) is 0.100. The zero-order valence-electron chi connectivity index (χ0n) is 25.5. The van der Waals surface area contributed by atoms with Crippen LogP contribution in [0.2, 0.25) is 0 Å². The zero-order chi connectivity index (χ0) is 31.9. The molecule has 0 N–H and O–H groups in total. The van der Waals surface area contributed by atoms with E-state index in [4.69, 9.17) is 18.9 Å². The molecule has 1 aliphatic carbocycles. The van der Waals surface area contributed by atoms with E-state index in [1.54, 1.807) is 68.8 Å². The van der Waals surface area contributed by atoms with Gasteiger partial charge in [-0.1, -0.05) is 72.8 Å². The van der Waals surface area contributed by atoms with E-state index < -0.39 is 11.9 Å². The summed E-state index contributed by atoms with van der Waals surface area (Å²) in [5.74, 6) is 1.11. The lowest BCUT2D eigenvalue weighted by molar-refractivity contribution is -0.129. The molecule has 0 radical (unpaired) electrons. The summed E-state index contributed by atoms with van der Waals surface area (Å²) >= 11 is 0. The number of esters is 2. The number of ether oxygens (including phenoxy) is 4. The van der Waals surface area contributed by atoms with Gasteiger partial charge in [-0.3, -0.25) is 0 Å². The van der Waals surface area contributed by atoms with Crippen molar-refractivity contribution >= 4 is 40.4 Å². The van der Waals surface area contributed by atoms with E-state index in [2.05, 4.69) is 30.3 Å². The van der Waals surface area contributed by atoms with E-state index in [-0.39, 0.29) is 5.92 Å². The molecule has 0 aromatic heterocycles. The van der Waals surface area contributed by atoms with Crippen LogP contribution in [0, 0.1) is 5.92 Å².